The molecule has 1 aliphatic heterocycles. The Bertz CT molecular complexity index is 1280. The number of rotatable bonds is 5. The zero-order chi connectivity index (χ0) is 23.0. The molecular weight excluding hydrogens is 461 g/mol. The fourth-order valence-electron chi connectivity index (χ4n) is 4.51. The molecule has 0 radical (unpaired) electrons. The lowest BCUT2D eigenvalue weighted by Crippen LogP contribution is -2.41. The standard InChI is InChI=1S/C24H24FN3O3S2/c25-20-7-4-17(5-8-20)22-15-32-24(26-22)27-23(29)18-10-12-28(13-11-18)33(30,31)21-9-6-16-2-1-3-19(16)14-21/h4-9,14-15,18H,1-3,10-13H2,(H,26,27,29). The molecule has 9 heteroatoms. The van der Waals surface area contributed by atoms with Crippen LogP contribution in [0.15, 0.2) is 52.7 Å². The quantitative estimate of drug-likeness (QED) is 0.578. The number of halogens is 1. The molecular formula is C24H24FN3O3S2. The van der Waals surface area contributed by atoms with E-state index in [0.29, 0.717) is 41.7 Å². The molecule has 0 bridgehead atoms. The summed E-state index contributed by atoms with van der Waals surface area (Å²) in [4.78, 5) is 17.5. The Hall–Kier alpha value is -2.62. The highest BCUT2D eigenvalue weighted by Gasteiger charge is 2.33. The van der Waals surface area contributed by atoms with Crippen molar-refractivity contribution in [2.75, 3.05) is 18.4 Å². The molecule has 0 saturated carbocycles. The second-order valence-corrected chi connectivity index (χ2v) is 11.3. The van der Waals surface area contributed by atoms with Gasteiger partial charge < -0.3 is 5.32 Å². The number of sulfonamides is 1. The number of piperidine rings is 1. The molecule has 0 spiro atoms. The van der Waals surface area contributed by atoms with Gasteiger partial charge in [-0.2, -0.15) is 4.31 Å². The van der Waals surface area contributed by atoms with Gasteiger partial charge in [0.1, 0.15) is 5.82 Å². The number of aromatic nitrogens is 1. The minimum atomic E-state index is -3.56. The predicted octanol–water partition coefficient (Wildman–Crippen LogP) is 4.48. The Labute approximate surface area is 196 Å². The summed E-state index contributed by atoms with van der Waals surface area (Å²) in [6, 6.07) is 11.5. The summed E-state index contributed by atoms with van der Waals surface area (Å²) < 4.78 is 40.8. The van der Waals surface area contributed by atoms with Crippen LogP contribution in [-0.4, -0.2) is 36.7 Å². The van der Waals surface area contributed by atoms with Crippen molar-refractivity contribution in [3.05, 3.63) is 64.8 Å². The number of benzene rings is 2. The lowest BCUT2D eigenvalue weighted by Gasteiger charge is -2.30. The second-order valence-electron chi connectivity index (χ2n) is 8.50. The molecule has 1 amide bonds. The second kappa shape index (κ2) is 8.96. The summed E-state index contributed by atoms with van der Waals surface area (Å²) in [5.74, 6) is -0.730. The van der Waals surface area contributed by atoms with Crippen LogP contribution in [0.25, 0.3) is 11.3 Å². The number of fused-ring (bicyclic) bond motifs is 1. The van der Waals surface area contributed by atoms with Crippen LogP contribution >= 0.6 is 11.3 Å². The van der Waals surface area contributed by atoms with E-state index in [-0.39, 0.29) is 17.6 Å². The van der Waals surface area contributed by atoms with E-state index in [2.05, 4.69) is 10.3 Å². The van der Waals surface area contributed by atoms with E-state index in [1.807, 2.05) is 17.5 Å². The molecule has 2 heterocycles. The van der Waals surface area contributed by atoms with Crippen molar-refractivity contribution in [2.24, 2.45) is 5.92 Å². The van der Waals surface area contributed by atoms with Crippen LogP contribution in [-0.2, 0) is 27.7 Å². The molecule has 5 rings (SSSR count). The maximum absolute atomic E-state index is 13.1. The van der Waals surface area contributed by atoms with Gasteiger partial charge in [-0.05, 0) is 79.6 Å². The van der Waals surface area contributed by atoms with Gasteiger partial charge in [0, 0.05) is 30.0 Å². The summed E-state index contributed by atoms with van der Waals surface area (Å²) in [5.41, 5.74) is 3.83. The maximum Gasteiger partial charge on any atom is 0.243 e. The molecule has 1 saturated heterocycles. The van der Waals surface area contributed by atoms with E-state index in [4.69, 9.17) is 0 Å². The molecule has 1 aromatic heterocycles. The van der Waals surface area contributed by atoms with Gasteiger partial charge in [-0.3, -0.25) is 4.79 Å². The fraction of sp³-hybridized carbons (Fsp3) is 0.333. The van der Waals surface area contributed by atoms with E-state index >= 15 is 0 Å². The van der Waals surface area contributed by atoms with Gasteiger partial charge >= 0.3 is 0 Å². The van der Waals surface area contributed by atoms with Gasteiger partial charge in [-0.15, -0.1) is 11.3 Å². The number of nitrogens with one attached hydrogen (secondary N) is 1. The Morgan fingerprint density at radius 1 is 1.06 bits per heavy atom. The summed E-state index contributed by atoms with van der Waals surface area (Å²) >= 11 is 1.31. The molecule has 1 aliphatic carbocycles. The van der Waals surface area contributed by atoms with Crippen LogP contribution in [0.1, 0.15) is 30.4 Å². The first-order chi connectivity index (χ1) is 15.9. The predicted molar refractivity (Wildman–Crippen MR) is 126 cm³/mol. The van der Waals surface area contributed by atoms with Crippen LogP contribution in [0.2, 0.25) is 0 Å². The highest BCUT2D eigenvalue weighted by molar-refractivity contribution is 7.89. The minimum absolute atomic E-state index is 0.149. The van der Waals surface area contributed by atoms with Crippen LogP contribution in [0, 0.1) is 11.7 Å². The van der Waals surface area contributed by atoms with Gasteiger partial charge in [0.15, 0.2) is 5.13 Å². The smallest absolute Gasteiger partial charge is 0.243 e. The Balaban J connectivity index is 1.20. The highest BCUT2D eigenvalue weighted by Crippen LogP contribution is 2.30. The maximum atomic E-state index is 13.1. The van der Waals surface area contributed by atoms with E-state index in [0.717, 1.165) is 30.4 Å². The van der Waals surface area contributed by atoms with Crippen molar-refractivity contribution in [2.45, 2.75) is 37.0 Å². The number of aryl methyl sites for hydroxylation is 2. The third-order valence-corrected chi connectivity index (χ3v) is 9.06. The van der Waals surface area contributed by atoms with E-state index in [1.54, 1.807) is 18.2 Å². The number of hydrogen-bond donors (Lipinski definition) is 1. The SMILES string of the molecule is O=C(Nc1nc(-c2ccc(F)cc2)cs1)C1CCN(S(=O)(=O)c2ccc3c(c2)CCC3)CC1. The first-order valence-corrected chi connectivity index (χ1v) is 13.4. The third-order valence-electron chi connectivity index (χ3n) is 6.41. The third kappa shape index (κ3) is 4.58. The number of thiazole rings is 1. The van der Waals surface area contributed by atoms with Crippen LogP contribution in [0.5, 0.6) is 0 Å². The zero-order valence-corrected chi connectivity index (χ0v) is 19.6. The molecule has 1 N–H and O–H groups in total. The average molecular weight is 486 g/mol. The topological polar surface area (TPSA) is 79.4 Å². The number of anilines is 1. The molecule has 2 aliphatic rings. The number of carbonyl (C=O) groups excluding carboxylic acids is 1. The number of carbonyl (C=O) groups is 1. The van der Waals surface area contributed by atoms with E-state index < -0.39 is 10.0 Å². The number of hydrogen-bond acceptors (Lipinski definition) is 5. The Kier molecular flexibility index (Phi) is 6.03. The van der Waals surface area contributed by atoms with Crippen molar-refractivity contribution in [3.63, 3.8) is 0 Å². The van der Waals surface area contributed by atoms with E-state index in [1.165, 1.54) is 33.3 Å². The fourth-order valence-corrected chi connectivity index (χ4v) is 6.75. The molecule has 0 unspecified atom stereocenters. The van der Waals surface area contributed by atoms with Gasteiger partial charge in [0.2, 0.25) is 15.9 Å². The van der Waals surface area contributed by atoms with Gasteiger partial charge in [0.05, 0.1) is 10.6 Å². The Morgan fingerprint density at radius 3 is 2.55 bits per heavy atom. The normalized spacial score (nSPS) is 17.1. The van der Waals surface area contributed by atoms with Gasteiger partial charge in [-0.25, -0.2) is 17.8 Å². The van der Waals surface area contributed by atoms with Gasteiger partial charge in [-0.1, -0.05) is 6.07 Å². The number of nitrogens with zero attached hydrogens (tertiary/aromatic N) is 2. The minimum Gasteiger partial charge on any atom is -0.302 e. The van der Waals surface area contributed by atoms with Crippen LogP contribution in [0.4, 0.5) is 9.52 Å². The van der Waals surface area contributed by atoms with Crippen molar-refractivity contribution in [1.82, 2.24) is 9.29 Å². The molecule has 172 valence electrons. The van der Waals surface area contributed by atoms with Crippen molar-refractivity contribution in [1.29, 1.82) is 0 Å². The average Bonchev–Trinajstić information content (AvgIpc) is 3.48. The van der Waals surface area contributed by atoms with Crippen LogP contribution < -0.4 is 5.32 Å². The molecule has 0 atom stereocenters. The van der Waals surface area contributed by atoms with Crippen LogP contribution in [0.3, 0.4) is 0 Å². The largest absolute Gasteiger partial charge is 0.302 e. The van der Waals surface area contributed by atoms with Crippen molar-refractivity contribution >= 4 is 32.4 Å². The van der Waals surface area contributed by atoms with E-state index in [9.17, 15) is 17.6 Å². The molecule has 33 heavy (non-hydrogen) atoms. The summed E-state index contributed by atoms with van der Waals surface area (Å²) in [7, 11) is -3.56. The van der Waals surface area contributed by atoms with Crippen molar-refractivity contribution in [3.8, 4) is 11.3 Å². The Morgan fingerprint density at radius 2 is 1.79 bits per heavy atom. The molecule has 3 aromatic rings. The van der Waals surface area contributed by atoms with Crippen molar-refractivity contribution < 1.29 is 17.6 Å². The molecule has 2 aromatic carbocycles. The first-order valence-electron chi connectivity index (χ1n) is 11.0. The lowest BCUT2D eigenvalue weighted by atomic mass is 9.97. The summed E-state index contributed by atoms with van der Waals surface area (Å²) in [6.45, 7) is 0.631. The zero-order valence-electron chi connectivity index (χ0n) is 18.0. The highest BCUT2D eigenvalue weighted by atomic mass is 32.2. The molecule has 6 nitrogen and oxygen atoms in total. The number of amides is 1. The first kappa shape index (κ1) is 22.2. The monoisotopic (exact) mass is 485 g/mol. The lowest BCUT2D eigenvalue weighted by molar-refractivity contribution is -0.120. The van der Waals surface area contributed by atoms with Gasteiger partial charge in [0.25, 0.3) is 0 Å². The molecule has 1 fully saturated rings. The summed E-state index contributed by atoms with van der Waals surface area (Å²) in [5, 5.41) is 5.15. The summed E-state index contributed by atoms with van der Waals surface area (Å²) in [6.07, 6.45) is 3.95.